The molecule has 1 aromatic rings. The third kappa shape index (κ3) is 1.87. The number of nitrogens with two attached hydrogens (primary N) is 1. The molecule has 0 aromatic heterocycles. The molecule has 88 valence electrons. The van der Waals surface area contributed by atoms with Gasteiger partial charge in [-0.25, -0.2) is 0 Å². The molecule has 0 unspecified atom stereocenters. The standard InChI is InChI=1S/C13H19NO2/c1-15-11-8-4-7-10(13(11)16-2)12(14)9-5-3-6-9/h4,7-9,12H,3,5-6,14H2,1-2H3/t12-/m1/s1. The van der Waals surface area contributed by atoms with E-state index < -0.39 is 0 Å². The van der Waals surface area contributed by atoms with Crippen LogP contribution in [-0.4, -0.2) is 14.2 Å². The Morgan fingerprint density at radius 3 is 2.50 bits per heavy atom. The summed E-state index contributed by atoms with van der Waals surface area (Å²) in [6.07, 6.45) is 3.74. The first-order valence-electron chi connectivity index (χ1n) is 5.74. The number of para-hydroxylation sites is 1. The fraction of sp³-hybridized carbons (Fsp3) is 0.538. The smallest absolute Gasteiger partial charge is 0.165 e. The lowest BCUT2D eigenvalue weighted by Crippen LogP contribution is -2.27. The molecule has 1 atom stereocenters. The van der Waals surface area contributed by atoms with E-state index in [-0.39, 0.29) is 6.04 Å². The van der Waals surface area contributed by atoms with Gasteiger partial charge in [-0.3, -0.25) is 0 Å². The molecule has 1 fully saturated rings. The lowest BCUT2D eigenvalue weighted by atomic mass is 9.77. The summed E-state index contributed by atoms with van der Waals surface area (Å²) in [6, 6.07) is 5.97. The second-order valence-electron chi connectivity index (χ2n) is 4.30. The molecule has 0 amide bonds. The van der Waals surface area contributed by atoms with E-state index >= 15 is 0 Å². The van der Waals surface area contributed by atoms with Gasteiger partial charge < -0.3 is 15.2 Å². The van der Waals surface area contributed by atoms with Crippen LogP contribution < -0.4 is 15.2 Å². The molecule has 2 rings (SSSR count). The van der Waals surface area contributed by atoms with Gasteiger partial charge in [0, 0.05) is 11.6 Å². The predicted molar refractivity (Wildman–Crippen MR) is 63.8 cm³/mol. The highest BCUT2D eigenvalue weighted by Crippen LogP contribution is 2.42. The average molecular weight is 221 g/mol. The van der Waals surface area contributed by atoms with Gasteiger partial charge in [-0.05, 0) is 24.8 Å². The summed E-state index contributed by atoms with van der Waals surface area (Å²) in [6.45, 7) is 0. The summed E-state index contributed by atoms with van der Waals surface area (Å²) >= 11 is 0. The average Bonchev–Trinajstić information content (AvgIpc) is 2.25. The Balaban J connectivity index is 2.30. The number of rotatable bonds is 4. The van der Waals surface area contributed by atoms with Crippen LogP contribution in [0, 0.1) is 5.92 Å². The fourth-order valence-corrected chi connectivity index (χ4v) is 2.23. The third-order valence-corrected chi connectivity index (χ3v) is 3.45. The van der Waals surface area contributed by atoms with E-state index in [4.69, 9.17) is 15.2 Å². The quantitative estimate of drug-likeness (QED) is 0.849. The van der Waals surface area contributed by atoms with Crippen molar-refractivity contribution in [2.45, 2.75) is 25.3 Å². The molecule has 2 N–H and O–H groups in total. The van der Waals surface area contributed by atoms with Crippen molar-refractivity contribution in [1.82, 2.24) is 0 Å². The van der Waals surface area contributed by atoms with Gasteiger partial charge in [0.25, 0.3) is 0 Å². The first-order chi connectivity index (χ1) is 7.77. The molecule has 1 aromatic carbocycles. The van der Waals surface area contributed by atoms with Crippen LogP contribution in [0.4, 0.5) is 0 Å². The highest BCUT2D eigenvalue weighted by molar-refractivity contribution is 5.48. The van der Waals surface area contributed by atoms with Crippen molar-refractivity contribution < 1.29 is 9.47 Å². The Labute approximate surface area is 96.5 Å². The SMILES string of the molecule is COc1cccc([C@H](N)C2CCC2)c1OC. The fourth-order valence-electron chi connectivity index (χ4n) is 2.23. The van der Waals surface area contributed by atoms with Crippen molar-refractivity contribution in [2.24, 2.45) is 11.7 Å². The second kappa shape index (κ2) is 4.74. The minimum atomic E-state index is 0.0683. The summed E-state index contributed by atoms with van der Waals surface area (Å²) in [5.74, 6) is 2.14. The zero-order chi connectivity index (χ0) is 11.5. The highest BCUT2D eigenvalue weighted by Gasteiger charge is 2.28. The molecule has 0 spiro atoms. The van der Waals surface area contributed by atoms with Gasteiger partial charge in [0.2, 0.25) is 0 Å². The summed E-state index contributed by atoms with van der Waals surface area (Å²) < 4.78 is 10.7. The number of methoxy groups -OCH3 is 2. The van der Waals surface area contributed by atoms with Crippen molar-refractivity contribution in [2.75, 3.05) is 14.2 Å². The van der Waals surface area contributed by atoms with Crippen LogP contribution in [-0.2, 0) is 0 Å². The zero-order valence-electron chi connectivity index (χ0n) is 9.90. The van der Waals surface area contributed by atoms with Crippen molar-refractivity contribution in [3.63, 3.8) is 0 Å². The summed E-state index contributed by atoms with van der Waals surface area (Å²) in [5, 5.41) is 0. The summed E-state index contributed by atoms with van der Waals surface area (Å²) in [4.78, 5) is 0. The first-order valence-corrected chi connectivity index (χ1v) is 5.74. The molecule has 0 heterocycles. The van der Waals surface area contributed by atoms with Gasteiger partial charge in [-0.1, -0.05) is 18.6 Å². The normalized spacial score (nSPS) is 17.7. The van der Waals surface area contributed by atoms with Gasteiger partial charge in [0.1, 0.15) is 0 Å². The predicted octanol–water partition coefficient (Wildman–Crippen LogP) is 2.50. The molecular formula is C13H19NO2. The van der Waals surface area contributed by atoms with E-state index in [1.165, 1.54) is 19.3 Å². The Hall–Kier alpha value is -1.22. The molecule has 1 saturated carbocycles. The molecular weight excluding hydrogens is 202 g/mol. The van der Waals surface area contributed by atoms with Crippen molar-refractivity contribution in [3.05, 3.63) is 23.8 Å². The van der Waals surface area contributed by atoms with Crippen LogP contribution in [0.3, 0.4) is 0 Å². The molecule has 1 aliphatic carbocycles. The maximum absolute atomic E-state index is 6.26. The zero-order valence-corrected chi connectivity index (χ0v) is 9.90. The van der Waals surface area contributed by atoms with Crippen LogP contribution in [0.2, 0.25) is 0 Å². The van der Waals surface area contributed by atoms with E-state index in [1.807, 2.05) is 18.2 Å². The second-order valence-corrected chi connectivity index (χ2v) is 4.30. The van der Waals surface area contributed by atoms with Gasteiger partial charge in [0.15, 0.2) is 11.5 Å². The lowest BCUT2D eigenvalue weighted by Gasteiger charge is -2.32. The summed E-state index contributed by atoms with van der Waals surface area (Å²) in [5.41, 5.74) is 7.33. The van der Waals surface area contributed by atoms with E-state index in [0.29, 0.717) is 5.92 Å². The molecule has 0 saturated heterocycles. The van der Waals surface area contributed by atoms with E-state index in [2.05, 4.69) is 0 Å². The molecule has 3 nitrogen and oxygen atoms in total. The minimum Gasteiger partial charge on any atom is -0.493 e. The van der Waals surface area contributed by atoms with Crippen LogP contribution in [0.5, 0.6) is 11.5 Å². The van der Waals surface area contributed by atoms with E-state index in [0.717, 1.165) is 17.1 Å². The van der Waals surface area contributed by atoms with Crippen LogP contribution >= 0.6 is 0 Å². The highest BCUT2D eigenvalue weighted by atomic mass is 16.5. The van der Waals surface area contributed by atoms with Gasteiger partial charge in [-0.2, -0.15) is 0 Å². The number of ether oxygens (including phenoxy) is 2. The van der Waals surface area contributed by atoms with Crippen LogP contribution in [0.1, 0.15) is 30.9 Å². The van der Waals surface area contributed by atoms with Gasteiger partial charge in [0.05, 0.1) is 14.2 Å². The Kier molecular flexibility index (Phi) is 3.34. The Bertz CT molecular complexity index is 361. The molecule has 16 heavy (non-hydrogen) atoms. The molecule has 3 heteroatoms. The molecule has 0 aliphatic heterocycles. The number of hydrogen-bond acceptors (Lipinski definition) is 3. The van der Waals surface area contributed by atoms with Crippen molar-refractivity contribution in [3.8, 4) is 11.5 Å². The molecule has 0 radical (unpaired) electrons. The Morgan fingerprint density at radius 2 is 2.00 bits per heavy atom. The third-order valence-electron chi connectivity index (χ3n) is 3.45. The van der Waals surface area contributed by atoms with Crippen molar-refractivity contribution >= 4 is 0 Å². The van der Waals surface area contributed by atoms with Crippen molar-refractivity contribution in [1.29, 1.82) is 0 Å². The maximum Gasteiger partial charge on any atom is 0.165 e. The first kappa shape index (κ1) is 11.3. The molecule has 1 aliphatic rings. The summed E-state index contributed by atoms with van der Waals surface area (Å²) in [7, 11) is 3.31. The van der Waals surface area contributed by atoms with Gasteiger partial charge in [-0.15, -0.1) is 0 Å². The van der Waals surface area contributed by atoms with E-state index in [9.17, 15) is 0 Å². The number of benzene rings is 1. The monoisotopic (exact) mass is 221 g/mol. The van der Waals surface area contributed by atoms with Crippen LogP contribution in [0.15, 0.2) is 18.2 Å². The Morgan fingerprint density at radius 1 is 1.25 bits per heavy atom. The molecule has 0 bridgehead atoms. The minimum absolute atomic E-state index is 0.0683. The van der Waals surface area contributed by atoms with E-state index in [1.54, 1.807) is 14.2 Å². The lowest BCUT2D eigenvalue weighted by molar-refractivity contribution is 0.257. The maximum atomic E-state index is 6.26. The topological polar surface area (TPSA) is 44.5 Å². The number of hydrogen-bond donors (Lipinski definition) is 1. The van der Waals surface area contributed by atoms with Gasteiger partial charge >= 0.3 is 0 Å². The van der Waals surface area contributed by atoms with Crippen LogP contribution in [0.25, 0.3) is 0 Å². The largest absolute Gasteiger partial charge is 0.493 e.